The Morgan fingerprint density at radius 1 is 1.00 bits per heavy atom. The molecule has 4 nitrogen and oxygen atoms in total. The highest BCUT2D eigenvalue weighted by Gasteiger charge is 2.07. The molecule has 1 atom stereocenters. The van der Waals surface area contributed by atoms with E-state index in [1.807, 2.05) is 25.1 Å². The van der Waals surface area contributed by atoms with Crippen LogP contribution in [0.4, 0.5) is 10.2 Å². The van der Waals surface area contributed by atoms with E-state index in [1.165, 1.54) is 12.1 Å². The van der Waals surface area contributed by atoms with Gasteiger partial charge in [-0.1, -0.05) is 12.1 Å². The molecule has 0 bridgehead atoms. The highest BCUT2D eigenvalue weighted by Crippen LogP contribution is 2.24. The summed E-state index contributed by atoms with van der Waals surface area (Å²) in [7, 11) is 1.61. The fourth-order valence-corrected chi connectivity index (χ4v) is 2.39. The number of rotatable bonds is 5. The van der Waals surface area contributed by atoms with E-state index in [0.29, 0.717) is 5.75 Å². The first-order chi connectivity index (χ1) is 11.7. The monoisotopic (exact) mass is 323 g/mol. The number of ether oxygens (including phenoxy) is 1. The molecule has 0 saturated carbocycles. The molecule has 0 radical (unpaired) electrons. The molecule has 1 N–H and O–H groups in total. The van der Waals surface area contributed by atoms with Crippen molar-refractivity contribution in [2.75, 3.05) is 12.4 Å². The topological polar surface area (TPSA) is 47.0 Å². The van der Waals surface area contributed by atoms with Gasteiger partial charge in [-0.25, -0.2) is 9.37 Å². The number of hydrogen-bond acceptors (Lipinski definition) is 4. The minimum Gasteiger partial charge on any atom is -0.495 e. The molecule has 0 aliphatic rings. The lowest BCUT2D eigenvalue weighted by atomic mass is 10.1. The molecular weight excluding hydrogens is 305 g/mol. The zero-order chi connectivity index (χ0) is 16.9. The summed E-state index contributed by atoms with van der Waals surface area (Å²) in [6, 6.07) is 12.3. The Hall–Kier alpha value is -2.95. The third-order valence-electron chi connectivity index (χ3n) is 3.78. The number of nitrogens with one attached hydrogen (secondary N) is 1. The zero-order valence-corrected chi connectivity index (χ0v) is 13.5. The lowest BCUT2D eigenvalue weighted by Crippen LogP contribution is -2.07. The second-order valence-electron chi connectivity index (χ2n) is 5.46. The van der Waals surface area contributed by atoms with Crippen LogP contribution >= 0.6 is 0 Å². The molecule has 0 fully saturated rings. The third kappa shape index (κ3) is 3.68. The fourth-order valence-electron chi connectivity index (χ4n) is 2.39. The van der Waals surface area contributed by atoms with E-state index in [0.717, 1.165) is 22.5 Å². The first kappa shape index (κ1) is 15.9. The van der Waals surface area contributed by atoms with Gasteiger partial charge in [0.25, 0.3) is 0 Å². The van der Waals surface area contributed by atoms with Gasteiger partial charge < -0.3 is 10.1 Å². The van der Waals surface area contributed by atoms with E-state index < -0.39 is 0 Å². The highest BCUT2D eigenvalue weighted by molar-refractivity contribution is 5.64. The Balaban J connectivity index is 1.73. The average molecular weight is 323 g/mol. The lowest BCUT2D eigenvalue weighted by Gasteiger charge is -2.15. The van der Waals surface area contributed by atoms with E-state index in [-0.39, 0.29) is 11.9 Å². The lowest BCUT2D eigenvalue weighted by molar-refractivity contribution is 0.413. The SMILES string of the molecule is COc1cncc(-c2ccc(NC(C)c3ccc(F)cc3)nc2)c1. The smallest absolute Gasteiger partial charge is 0.137 e. The van der Waals surface area contributed by atoms with Gasteiger partial charge in [0.1, 0.15) is 17.4 Å². The Morgan fingerprint density at radius 2 is 1.79 bits per heavy atom. The standard InChI is InChI=1S/C19H18FN3O/c1-13(14-3-6-17(20)7-4-14)23-19-8-5-15(11-22-19)16-9-18(24-2)12-21-10-16/h3-13H,1-2H3,(H,22,23). The molecule has 3 rings (SSSR count). The summed E-state index contributed by atoms with van der Waals surface area (Å²) >= 11 is 0. The minimum absolute atomic E-state index is 0.0300. The molecule has 5 heteroatoms. The number of methoxy groups -OCH3 is 1. The van der Waals surface area contributed by atoms with Gasteiger partial charge in [-0.2, -0.15) is 0 Å². The third-order valence-corrected chi connectivity index (χ3v) is 3.78. The number of aromatic nitrogens is 2. The van der Waals surface area contributed by atoms with E-state index in [4.69, 9.17) is 4.74 Å². The van der Waals surface area contributed by atoms with Crippen molar-refractivity contribution >= 4 is 5.82 Å². The summed E-state index contributed by atoms with van der Waals surface area (Å²) in [5.41, 5.74) is 2.90. The van der Waals surface area contributed by atoms with Crippen LogP contribution in [-0.4, -0.2) is 17.1 Å². The number of halogens is 1. The molecule has 24 heavy (non-hydrogen) atoms. The van der Waals surface area contributed by atoms with Crippen molar-refractivity contribution in [2.45, 2.75) is 13.0 Å². The van der Waals surface area contributed by atoms with Crippen LogP contribution < -0.4 is 10.1 Å². The van der Waals surface area contributed by atoms with E-state index >= 15 is 0 Å². The Labute approximate surface area is 140 Å². The zero-order valence-electron chi connectivity index (χ0n) is 13.5. The maximum atomic E-state index is 13.0. The molecule has 122 valence electrons. The predicted octanol–water partition coefficient (Wildman–Crippen LogP) is 4.46. The number of hydrogen-bond donors (Lipinski definition) is 1. The van der Waals surface area contributed by atoms with Crippen LogP contribution in [0.15, 0.2) is 61.1 Å². The van der Waals surface area contributed by atoms with Gasteiger partial charge in [0, 0.05) is 29.6 Å². The van der Waals surface area contributed by atoms with E-state index in [9.17, 15) is 4.39 Å². The van der Waals surface area contributed by atoms with Gasteiger partial charge in [0.15, 0.2) is 0 Å². The molecule has 1 aromatic carbocycles. The van der Waals surface area contributed by atoms with Gasteiger partial charge in [-0.05, 0) is 42.8 Å². The van der Waals surface area contributed by atoms with Crippen LogP contribution in [-0.2, 0) is 0 Å². The van der Waals surface area contributed by atoms with Crippen molar-refractivity contribution in [3.63, 3.8) is 0 Å². The quantitative estimate of drug-likeness (QED) is 0.753. The van der Waals surface area contributed by atoms with Crippen molar-refractivity contribution in [1.82, 2.24) is 9.97 Å². The summed E-state index contributed by atoms with van der Waals surface area (Å²) in [4.78, 5) is 8.59. The number of nitrogens with zero attached hydrogens (tertiary/aromatic N) is 2. The summed E-state index contributed by atoms with van der Waals surface area (Å²) in [6.45, 7) is 2.01. The number of pyridine rings is 2. The number of anilines is 1. The van der Waals surface area contributed by atoms with Crippen LogP contribution in [0.25, 0.3) is 11.1 Å². The van der Waals surface area contributed by atoms with Crippen LogP contribution in [0.5, 0.6) is 5.75 Å². The maximum absolute atomic E-state index is 13.0. The molecule has 0 saturated heterocycles. The molecule has 0 aliphatic heterocycles. The van der Waals surface area contributed by atoms with Crippen LogP contribution in [0.1, 0.15) is 18.5 Å². The van der Waals surface area contributed by atoms with Crippen LogP contribution in [0.3, 0.4) is 0 Å². The Bertz CT molecular complexity index is 804. The second-order valence-corrected chi connectivity index (χ2v) is 5.46. The van der Waals surface area contributed by atoms with Crippen molar-refractivity contribution < 1.29 is 9.13 Å². The van der Waals surface area contributed by atoms with Gasteiger partial charge in [0.05, 0.1) is 13.3 Å². The van der Waals surface area contributed by atoms with Gasteiger partial charge in [0.2, 0.25) is 0 Å². The van der Waals surface area contributed by atoms with Crippen molar-refractivity contribution in [3.8, 4) is 16.9 Å². The highest BCUT2D eigenvalue weighted by atomic mass is 19.1. The predicted molar refractivity (Wildman–Crippen MR) is 92.5 cm³/mol. The number of benzene rings is 1. The van der Waals surface area contributed by atoms with Crippen LogP contribution in [0.2, 0.25) is 0 Å². The minimum atomic E-state index is -0.236. The summed E-state index contributed by atoms with van der Waals surface area (Å²) in [6.07, 6.45) is 5.22. The maximum Gasteiger partial charge on any atom is 0.137 e. The normalized spacial score (nSPS) is 11.8. The molecule has 0 aliphatic carbocycles. The summed E-state index contributed by atoms with van der Waals surface area (Å²) < 4.78 is 18.2. The Kier molecular flexibility index (Phi) is 4.70. The van der Waals surface area contributed by atoms with Crippen LogP contribution in [0, 0.1) is 5.82 Å². The molecule has 2 heterocycles. The first-order valence-corrected chi connectivity index (χ1v) is 7.63. The van der Waals surface area contributed by atoms with Gasteiger partial charge in [-0.3, -0.25) is 4.98 Å². The first-order valence-electron chi connectivity index (χ1n) is 7.63. The van der Waals surface area contributed by atoms with Crippen molar-refractivity contribution in [3.05, 3.63) is 72.4 Å². The Morgan fingerprint density at radius 3 is 2.46 bits per heavy atom. The molecule has 3 aromatic rings. The molecule has 0 spiro atoms. The summed E-state index contributed by atoms with van der Waals surface area (Å²) in [5, 5.41) is 3.30. The van der Waals surface area contributed by atoms with Gasteiger partial charge >= 0.3 is 0 Å². The van der Waals surface area contributed by atoms with Crippen molar-refractivity contribution in [2.24, 2.45) is 0 Å². The molecule has 0 amide bonds. The average Bonchev–Trinajstić information content (AvgIpc) is 2.63. The second kappa shape index (κ2) is 7.08. The summed E-state index contributed by atoms with van der Waals surface area (Å²) in [5.74, 6) is 1.23. The van der Waals surface area contributed by atoms with E-state index in [2.05, 4.69) is 15.3 Å². The largest absolute Gasteiger partial charge is 0.495 e. The van der Waals surface area contributed by atoms with Gasteiger partial charge in [-0.15, -0.1) is 0 Å². The molecule has 1 unspecified atom stereocenters. The molecular formula is C19H18FN3O. The van der Waals surface area contributed by atoms with E-state index in [1.54, 1.807) is 37.8 Å². The fraction of sp³-hybridized carbons (Fsp3) is 0.158. The van der Waals surface area contributed by atoms with Crippen molar-refractivity contribution in [1.29, 1.82) is 0 Å². The molecule has 2 aromatic heterocycles.